The first-order valence-corrected chi connectivity index (χ1v) is 11.0. The minimum Gasteiger partial charge on any atom is -0.355 e. The van der Waals surface area contributed by atoms with E-state index in [1.807, 2.05) is 31.2 Å². The van der Waals surface area contributed by atoms with E-state index in [2.05, 4.69) is 21.2 Å². The standard InChI is InChI=1S/C21H24BrFN2O2S/c1-3-24-21(27)15(2)25(12-16-7-6-9-18(22)11-16)20(26)14-28-13-17-8-4-5-10-19(17)23/h4-11,15H,3,12-14H2,1-2H3,(H,24,27)/t15-/m1/s1. The number of halogens is 2. The van der Waals surface area contributed by atoms with Crippen molar-refractivity contribution in [1.29, 1.82) is 0 Å². The molecule has 2 amide bonds. The molecule has 0 aliphatic carbocycles. The van der Waals surface area contributed by atoms with Crippen molar-refractivity contribution in [1.82, 2.24) is 10.2 Å². The fraction of sp³-hybridized carbons (Fsp3) is 0.333. The van der Waals surface area contributed by atoms with Crippen LogP contribution in [0.1, 0.15) is 25.0 Å². The van der Waals surface area contributed by atoms with Crippen LogP contribution >= 0.6 is 27.7 Å². The Morgan fingerprint density at radius 2 is 1.96 bits per heavy atom. The summed E-state index contributed by atoms with van der Waals surface area (Å²) < 4.78 is 14.7. The average Bonchev–Trinajstić information content (AvgIpc) is 2.67. The van der Waals surface area contributed by atoms with Crippen molar-refractivity contribution in [3.8, 4) is 0 Å². The molecule has 2 rings (SSSR count). The molecule has 0 fully saturated rings. The number of rotatable bonds is 9. The van der Waals surface area contributed by atoms with Crippen molar-refractivity contribution in [2.45, 2.75) is 32.2 Å². The molecular formula is C21H24BrFN2O2S. The highest BCUT2D eigenvalue weighted by Gasteiger charge is 2.25. The molecular weight excluding hydrogens is 443 g/mol. The van der Waals surface area contributed by atoms with E-state index in [0.717, 1.165) is 10.0 Å². The lowest BCUT2D eigenvalue weighted by atomic mass is 10.1. The maximum Gasteiger partial charge on any atom is 0.242 e. The van der Waals surface area contributed by atoms with Gasteiger partial charge in [-0.1, -0.05) is 46.3 Å². The quantitative estimate of drug-likeness (QED) is 0.596. The minimum absolute atomic E-state index is 0.153. The summed E-state index contributed by atoms with van der Waals surface area (Å²) in [6.07, 6.45) is 0. The summed E-state index contributed by atoms with van der Waals surface area (Å²) >= 11 is 4.77. The predicted octanol–water partition coefficient (Wildman–Crippen LogP) is 4.37. The van der Waals surface area contributed by atoms with Crippen molar-refractivity contribution < 1.29 is 14.0 Å². The van der Waals surface area contributed by atoms with Gasteiger partial charge in [-0.15, -0.1) is 11.8 Å². The van der Waals surface area contributed by atoms with E-state index in [1.165, 1.54) is 17.8 Å². The Balaban J connectivity index is 2.07. The van der Waals surface area contributed by atoms with Crippen LogP contribution in [-0.4, -0.2) is 35.1 Å². The Labute approximate surface area is 178 Å². The summed E-state index contributed by atoms with van der Waals surface area (Å²) in [5.74, 6) is -0.0424. The molecule has 7 heteroatoms. The number of nitrogens with one attached hydrogen (secondary N) is 1. The van der Waals surface area contributed by atoms with Crippen molar-refractivity contribution >= 4 is 39.5 Å². The lowest BCUT2D eigenvalue weighted by molar-refractivity contribution is -0.138. The van der Waals surface area contributed by atoms with Gasteiger partial charge in [0.1, 0.15) is 11.9 Å². The zero-order valence-electron chi connectivity index (χ0n) is 16.0. The SMILES string of the molecule is CCNC(=O)[C@@H](C)N(Cc1cccc(Br)c1)C(=O)CSCc1ccccc1F. The molecule has 0 radical (unpaired) electrons. The van der Waals surface area contributed by atoms with Crippen molar-refractivity contribution in [2.75, 3.05) is 12.3 Å². The van der Waals surface area contributed by atoms with E-state index >= 15 is 0 Å². The van der Waals surface area contributed by atoms with Crippen LogP contribution in [0.25, 0.3) is 0 Å². The lowest BCUT2D eigenvalue weighted by Gasteiger charge is -2.28. The van der Waals surface area contributed by atoms with E-state index in [0.29, 0.717) is 24.4 Å². The van der Waals surface area contributed by atoms with Gasteiger partial charge in [0.15, 0.2) is 0 Å². The van der Waals surface area contributed by atoms with Crippen LogP contribution in [0, 0.1) is 5.82 Å². The number of thioether (sulfide) groups is 1. The van der Waals surface area contributed by atoms with Crippen LogP contribution in [0.2, 0.25) is 0 Å². The van der Waals surface area contributed by atoms with Gasteiger partial charge in [0.25, 0.3) is 0 Å². The minimum atomic E-state index is -0.597. The van der Waals surface area contributed by atoms with Crippen LogP contribution in [0.15, 0.2) is 53.0 Å². The first-order valence-electron chi connectivity index (χ1n) is 9.05. The van der Waals surface area contributed by atoms with Crippen molar-refractivity contribution in [3.63, 3.8) is 0 Å². The van der Waals surface area contributed by atoms with Gasteiger partial charge < -0.3 is 10.2 Å². The van der Waals surface area contributed by atoms with Gasteiger partial charge in [-0.05, 0) is 43.2 Å². The third kappa shape index (κ3) is 6.63. The van der Waals surface area contributed by atoms with E-state index in [1.54, 1.807) is 30.0 Å². The van der Waals surface area contributed by atoms with Gasteiger partial charge in [-0.2, -0.15) is 0 Å². The first kappa shape index (κ1) is 22.4. The Kier molecular flexibility index (Phi) is 8.99. The molecule has 0 aromatic heterocycles. The highest BCUT2D eigenvalue weighted by molar-refractivity contribution is 9.10. The molecule has 0 unspecified atom stereocenters. The van der Waals surface area contributed by atoms with Gasteiger partial charge in [0, 0.05) is 23.3 Å². The molecule has 0 heterocycles. The normalized spacial score (nSPS) is 11.7. The zero-order valence-corrected chi connectivity index (χ0v) is 18.4. The third-order valence-corrected chi connectivity index (χ3v) is 5.66. The second-order valence-corrected chi connectivity index (χ2v) is 8.21. The smallest absolute Gasteiger partial charge is 0.242 e. The number of hydrogen-bond acceptors (Lipinski definition) is 3. The molecule has 28 heavy (non-hydrogen) atoms. The molecule has 1 N–H and O–H groups in total. The first-order chi connectivity index (χ1) is 13.4. The summed E-state index contributed by atoms with van der Waals surface area (Å²) in [5, 5.41) is 2.77. The van der Waals surface area contributed by atoms with Crippen molar-refractivity contribution in [2.24, 2.45) is 0 Å². The fourth-order valence-corrected chi connectivity index (χ4v) is 4.03. The highest BCUT2D eigenvalue weighted by atomic mass is 79.9. The maximum atomic E-state index is 13.8. The van der Waals surface area contributed by atoms with Gasteiger partial charge in [0.05, 0.1) is 5.75 Å². The van der Waals surface area contributed by atoms with Gasteiger partial charge in [0.2, 0.25) is 11.8 Å². The number of likely N-dealkylation sites (N-methyl/N-ethyl adjacent to an activating group) is 1. The number of nitrogens with zero attached hydrogens (tertiary/aromatic N) is 1. The molecule has 0 saturated heterocycles. The van der Waals surface area contributed by atoms with Gasteiger partial charge >= 0.3 is 0 Å². The van der Waals surface area contributed by atoms with E-state index < -0.39 is 6.04 Å². The average molecular weight is 467 g/mol. The van der Waals surface area contributed by atoms with Crippen molar-refractivity contribution in [3.05, 3.63) is 69.9 Å². The van der Waals surface area contributed by atoms with Crippen LogP contribution in [-0.2, 0) is 21.9 Å². The summed E-state index contributed by atoms with van der Waals surface area (Å²) in [4.78, 5) is 26.8. The Morgan fingerprint density at radius 1 is 1.21 bits per heavy atom. The molecule has 150 valence electrons. The summed E-state index contributed by atoms with van der Waals surface area (Å²) in [7, 11) is 0. The fourth-order valence-electron chi connectivity index (χ4n) is 2.68. The molecule has 2 aromatic rings. The van der Waals surface area contributed by atoms with Crippen LogP contribution in [0.5, 0.6) is 0 Å². The molecule has 0 spiro atoms. The molecule has 1 atom stereocenters. The van der Waals surface area contributed by atoms with Crippen LogP contribution in [0.4, 0.5) is 4.39 Å². The van der Waals surface area contributed by atoms with Gasteiger partial charge in [-0.3, -0.25) is 9.59 Å². The number of amides is 2. The van der Waals surface area contributed by atoms with E-state index in [9.17, 15) is 14.0 Å². The summed E-state index contributed by atoms with van der Waals surface area (Å²) in [5.41, 5.74) is 1.49. The Hall–Kier alpha value is -1.86. The largest absolute Gasteiger partial charge is 0.355 e. The Bertz CT molecular complexity index is 818. The number of carbonyl (C=O) groups is 2. The van der Waals surface area contributed by atoms with E-state index in [-0.39, 0.29) is 23.4 Å². The molecule has 0 aliphatic heterocycles. The molecule has 0 aliphatic rings. The monoisotopic (exact) mass is 466 g/mol. The van der Waals surface area contributed by atoms with Crippen LogP contribution in [0.3, 0.4) is 0 Å². The molecule has 0 bridgehead atoms. The van der Waals surface area contributed by atoms with Gasteiger partial charge in [-0.25, -0.2) is 4.39 Å². The number of carbonyl (C=O) groups excluding carboxylic acids is 2. The summed E-state index contributed by atoms with van der Waals surface area (Å²) in [6, 6.07) is 13.6. The molecule has 2 aromatic carbocycles. The third-order valence-electron chi connectivity index (χ3n) is 4.20. The highest BCUT2D eigenvalue weighted by Crippen LogP contribution is 2.19. The molecule has 4 nitrogen and oxygen atoms in total. The number of hydrogen-bond donors (Lipinski definition) is 1. The summed E-state index contributed by atoms with van der Waals surface area (Å²) in [6.45, 7) is 4.40. The van der Waals surface area contributed by atoms with Crippen LogP contribution < -0.4 is 5.32 Å². The second-order valence-electron chi connectivity index (χ2n) is 6.31. The maximum absolute atomic E-state index is 13.8. The molecule has 0 saturated carbocycles. The van der Waals surface area contributed by atoms with E-state index in [4.69, 9.17) is 0 Å². The predicted molar refractivity (Wildman–Crippen MR) is 115 cm³/mol. The topological polar surface area (TPSA) is 49.4 Å². The zero-order chi connectivity index (χ0) is 20.5. The second kappa shape index (κ2) is 11.2. The Morgan fingerprint density at radius 3 is 2.64 bits per heavy atom. The lowest BCUT2D eigenvalue weighted by Crippen LogP contribution is -2.48. The number of benzene rings is 2.